The molecule has 4 N–H and O–H groups in total. The van der Waals surface area contributed by atoms with E-state index in [0.717, 1.165) is 0 Å². The SMILES string of the molecule is C=C[CH]C1O[C@H](CO)[C@@H](O)[C@H](O)[C@H]1NC(C)=O. The molecule has 1 rings (SSSR count). The second-order valence-corrected chi connectivity index (χ2v) is 3.96. The molecule has 17 heavy (non-hydrogen) atoms. The maximum atomic E-state index is 11.0. The number of aliphatic hydroxyl groups excluding tert-OH is 3. The molecule has 1 radical (unpaired) electrons. The molecule has 97 valence electrons. The first-order valence-electron chi connectivity index (χ1n) is 5.36. The molecule has 0 spiro atoms. The molecule has 1 amide bonds. The van der Waals surface area contributed by atoms with E-state index in [-0.39, 0.29) is 5.91 Å². The van der Waals surface area contributed by atoms with E-state index in [2.05, 4.69) is 11.9 Å². The molecule has 0 aromatic carbocycles. The van der Waals surface area contributed by atoms with E-state index in [0.29, 0.717) is 0 Å². The molecule has 1 saturated heterocycles. The molecule has 0 saturated carbocycles. The lowest BCUT2D eigenvalue weighted by molar-refractivity contribution is -0.186. The van der Waals surface area contributed by atoms with Gasteiger partial charge in [-0.1, -0.05) is 6.08 Å². The fraction of sp³-hybridized carbons (Fsp3) is 0.636. The number of hydrogen-bond donors (Lipinski definition) is 4. The normalized spacial score (nSPS) is 37.5. The second kappa shape index (κ2) is 6.11. The quantitative estimate of drug-likeness (QED) is 0.475. The fourth-order valence-electron chi connectivity index (χ4n) is 1.85. The van der Waals surface area contributed by atoms with Gasteiger partial charge >= 0.3 is 0 Å². The van der Waals surface area contributed by atoms with Crippen LogP contribution in [0.3, 0.4) is 0 Å². The van der Waals surface area contributed by atoms with Crippen LogP contribution in [0, 0.1) is 6.42 Å². The first-order valence-corrected chi connectivity index (χ1v) is 5.36. The highest BCUT2D eigenvalue weighted by molar-refractivity contribution is 5.73. The van der Waals surface area contributed by atoms with Gasteiger partial charge < -0.3 is 25.4 Å². The van der Waals surface area contributed by atoms with E-state index < -0.39 is 37.1 Å². The lowest BCUT2D eigenvalue weighted by Gasteiger charge is -2.42. The molecule has 1 unspecified atom stereocenters. The van der Waals surface area contributed by atoms with Crippen LogP contribution in [0.1, 0.15) is 6.92 Å². The van der Waals surface area contributed by atoms with Crippen LogP contribution in [0.25, 0.3) is 0 Å². The molecule has 1 aliphatic rings. The number of hydrogen-bond acceptors (Lipinski definition) is 5. The zero-order chi connectivity index (χ0) is 13.0. The van der Waals surface area contributed by atoms with Crippen molar-refractivity contribution in [2.45, 2.75) is 37.4 Å². The summed E-state index contributed by atoms with van der Waals surface area (Å²) in [5.74, 6) is -0.338. The Bertz CT molecular complexity index is 283. The Hall–Kier alpha value is -0.950. The minimum Gasteiger partial charge on any atom is -0.394 e. The largest absolute Gasteiger partial charge is 0.394 e. The van der Waals surface area contributed by atoms with Crippen LogP contribution < -0.4 is 5.32 Å². The van der Waals surface area contributed by atoms with Gasteiger partial charge in [0, 0.05) is 13.3 Å². The van der Waals surface area contributed by atoms with Crippen molar-refractivity contribution < 1.29 is 24.9 Å². The van der Waals surface area contributed by atoms with Gasteiger partial charge in [0.25, 0.3) is 0 Å². The third kappa shape index (κ3) is 3.26. The standard InChI is InChI=1S/C11H18NO5/c1-3-4-7-9(12-6(2)14)11(16)10(15)8(5-13)17-7/h3-4,7-11,13,15-16H,1,5H2,2H3,(H,12,14)/t7?,8-,9+,10-,11-/m1/s1. The second-order valence-electron chi connectivity index (χ2n) is 3.96. The Morgan fingerprint density at radius 2 is 2.12 bits per heavy atom. The van der Waals surface area contributed by atoms with E-state index in [4.69, 9.17) is 9.84 Å². The van der Waals surface area contributed by atoms with Gasteiger partial charge in [-0.2, -0.15) is 0 Å². The van der Waals surface area contributed by atoms with Gasteiger partial charge in [0.05, 0.1) is 18.8 Å². The molecule has 1 heterocycles. The topological polar surface area (TPSA) is 99.0 Å². The molecule has 0 aromatic heterocycles. The summed E-state index contributed by atoms with van der Waals surface area (Å²) < 4.78 is 5.37. The van der Waals surface area contributed by atoms with Gasteiger partial charge in [0.15, 0.2) is 0 Å². The minimum atomic E-state index is -1.24. The predicted molar refractivity (Wildman–Crippen MR) is 59.9 cm³/mol. The molecule has 1 fully saturated rings. The molecule has 5 atom stereocenters. The maximum Gasteiger partial charge on any atom is 0.217 e. The van der Waals surface area contributed by atoms with E-state index in [1.165, 1.54) is 13.0 Å². The van der Waals surface area contributed by atoms with Crippen molar-refractivity contribution in [1.82, 2.24) is 5.32 Å². The van der Waals surface area contributed by atoms with Gasteiger partial charge in [-0.05, 0) is 0 Å². The van der Waals surface area contributed by atoms with Crippen molar-refractivity contribution in [3.05, 3.63) is 19.1 Å². The van der Waals surface area contributed by atoms with Gasteiger partial charge in [0.2, 0.25) is 5.91 Å². The first kappa shape index (κ1) is 14.1. The van der Waals surface area contributed by atoms with Crippen LogP contribution in [-0.2, 0) is 9.53 Å². The number of amides is 1. The highest BCUT2D eigenvalue weighted by Gasteiger charge is 2.43. The fourth-order valence-corrected chi connectivity index (χ4v) is 1.85. The van der Waals surface area contributed by atoms with Crippen molar-refractivity contribution >= 4 is 5.91 Å². The van der Waals surface area contributed by atoms with E-state index in [9.17, 15) is 15.0 Å². The smallest absolute Gasteiger partial charge is 0.217 e. The summed E-state index contributed by atoms with van der Waals surface area (Å²) in [6.45, 7) is 4.41. The van der Waals surface area contributed by atoms with Gasteiger partial charge in [0.1, 0.15) is 18.3 Å². The molecular weight excluding hydrogens is 226 g/mol. The molecule has 0 bridgehead atoms. The average Bonchev–Trinajstić information content (AvgIpc) is 2.28. The summed E-state index contributed by atoms with van der Waals surface area (Å²) in [6, 6.07) is -0.761. The zero-order valence-electron chi connectivity index (χ0n) is 9.61. The first-order chi connectivity index (χ1) is 8.01. The number of nitrogens with one attached hydrogen (secondary N) is 1. The Kier molecular flexibility index (Phi) is 5.07. The van der Waals surface area contributed by atoms with Crippen molar-refractivity contribution in [1.29, 1.82) is 0 Å². The van der Waals surface area contributed by atoms with Crippen LogP contribution in [0.2, 0.25) is 0 Å². The van der Waals surface area contributed by atoms with Crippen LogP contribution in [0.5, 0.6) is 0 Å². The Morgan fingerprint density at radius 1 is 1.47 bits per heavy atom. The van der Waals surface area contributed by atoms with Gasteiger partial charge in [-0.15, -0.1) is 6.58 Å². The Morgan fingerprint density at radius 3 is 2.59 bits per heavy atom. The minimum absolute atomic E-state index is 0.338. The van der Waals surface area contributed by atoms with E-state index >= 15 is 0 Å². The van der Waals surface area contributed by atoms with Crippen LogP contribution in [-0.4, -0.2) is 58.3 Å². The molecule has 6 nitrogen and oxygen atoms in total. The summed E-state index contributed by atoms with van der Waals surface area (Å²) in [6.07, 6.45) is -0.933. The molecule has 0 aliphatic carbocycles. The Balaban J connectivity index is 2.82. The van der Waals surface area contributed by atoms with Gasteiger partial charge in [-0.25, -0.2) is 0 Å². The molecular formula is C11H18NO5. The number of carbonyl (C=O) groups is 1. The Labute approximate surface area is 99.9 Å². The van der Waals surface area contributed by atoms with Crippen molar-refractivity contribution in [2.75, 3.05) is 6.61 Å². The number of carbonyl (C=O) groups excluding carboxylic acids is 1. The summed E-state index contributed by atoms with van der Waals surface area (Å²) in [4.78, 5) is 11.0. The summed E-state index contributed by atoms with van der Waals surface area (Å²) in [5, 5.41) is 31.1. The predicted octanol–water partition coefficient (Wildman–Crippen LogP) is -1.64. The van der Waals surface area contributed by atoms with Gasteiger partial charge in [-0.3, -0.25) is 4.79 Å². The number of rotatable bonds is 4. The summed E-state index contributed by atoms with van der Waals surface area (Å²) in [5.41, 5.74) is 0. The lowest BCUT2D eigenvalue weighted by atomic mass is 9.91. The number of ether oxygens (including phenoxy) is 1. The zero-order valence-corrected chi connectivity index (χ0v) is 9.61. The highest BCUT2D eigenvalue weighted by atomic mass is 16.5. The van der Waals surface area contributed by atoms with Crippen LogP contribution in [0.4, 0.5) is 0 Å². The summed E-state index contributed by atoms with van der Waals surface area (Å²) >= 11 is 0. The summed E-state index contributed by atoms with van der Waals surface area (Å²) in [7, 11) is 0. The lowest BCUT2D eigenvalue weighted by Crippen LogP contribution is -2.63. The van der Waals surface area contributed by atoms with E-state index in [1.807, 2.05) is 0 Å². The van der Waals surface area contributed by atoms with E-state index in [1.54, 1.807) is 6.42 Å². The molecule has 0 aromatic rings. The monoisotopic (exact) mass is 244 g/mol. The average molecular weight is 244 g/mol. The van der Waals surface area contributed by atoms with Crippen molar-refractivity contribution in [2.24, 2.45) is 0 Å². The van der Waals surface area contributed by atoms with Crippen LogP contribution >= 0.6 is 0 Å². The third-order valence-corrected chi connectivity index (χ3v) is 2.66. The van der Waals surface area contributed by atoms with Crippen LogP contribution in [0.15, 0.2) is 12.7 Å². The third-order valence-electron chi connectivity index (χ3n) is 2.66. The van der Waals surface area contributed by atoms with Crippen molar-refractivity contribution in [3.63, 3.8) is 0 Å². The molecule has 6 heteroatoms. The highest BCUT2D eigenvalue weighted by Crippen LogP contribution is 2.22. The molecule has 1 aliphatic heterocycles. The van der Waals surface area contributed by atoms with Crippen molar-refractivity contribution in [3.8, 4) is 0 Å². The number of aliphatic hydroxyl groups is 3. The maximum absolute atomic E-state index is 11.0.